The molecule has 31 heavy (non-hydrogen) atoms. The molecule has 0 bridgehead atoms. The zero-order chi connectivity index (χ0) is 22.5. The Morgan fingerprint density at radius 1 is 1.00 bits per heavy atom. The molecule has 2 aromatic rings. The monoisotopic (exact) mass is 419 g/mol. The van der Waals surface area contributed by atoms with E-state index in [-0.39, 0.29) is 24.1 Å². The number of nitrogens with zero attached hydrogens (tertiary/aromatic N) is 3. The molecule has 7 nitrogen and oxygen atoms in total. The van der Waals surface area contributed by atoms with E-state index in [0.29, 0.717) is 17.1 Å². The van der Waals surface area contributed by atoms with Gasteiger partial charge in [-0.05, 0) is 50.2 Å². The van der Waals surface area contributed by atoms with E-state index in [1.807, 2.05) is 19.9 Å². The van der Waals surface area contributed by atoms with Crippen molar-refractivity contribution in [1.29, 1.82) is 0 Å². The van der Waals surface area contributed by atoms with Gasteiger partial charge in [0.25, 0.3) is 11.8 Å². The molecule has 0 fully saturated rings. The van der Waals surface area contributed by atoms with Gasteiger partial charge in [0.05, 0.1) is 12.7 Å². The largest absolute Gasteiger partial charge is 0.497 e. The lowest BCUT2D eigenvalue weighted by atomic mass is 10.2. The summed E-state index contributed by atoms with van der Waals surface area (Å²) in [5.41, 5.74) is 1.09. The SMILES string of the molecule is C=C1C(=O)N(CC(=O)N(c2ccc(OC)cc2)C(C)C)C=CN(c2ccccc2)C1=O. The summed E-state index contributed by atoms with van der Waals surface area (Å²) in [5, 5.41) is 0. The summed E-state index contributed by atoms with van der Waals surface area (Å²) in [4.78, 5) is 42.9. The highest BCUT2D eigenvalue weighted by Crippen LogP contribution is 2.23. The first-order valence-corrected chi connectivity index (χ1v) is 9.86. The van der Waals surface area contributed by atoms with Crippen molar-refractivity contribution in [3.8, 4) is 5.75 Å². The molecule has 7 heteroatoms. The number of hydrogen-bond acceptors (Lipinski definition) is 4. The van der Waals surface area contributed by atoms with Crippen molar-refractivity contribution in [2.45, 2.75) is 19.9 Å². The van der Waals surface area contributed by atoms with Crippen LogP contribution in [0.2, 0.25) is 0 Å². The summed E-state index contributed by atoms with van der Waals surface area (Å²) >= 11 is 0. The van der Waals surface area contributed by atoms with Gasteiger partial charge in [0.1, 0.15) is 12.3 Å². The minimum Gasteiger partial charge on any atom is -0.497 e. The summed E-state index contributed by atoms with van der Waals surface area (Å²) in [7, 11) is 1.57. The number of carbonyl (C=O) groups excluding carboxylic acids is 3. The van der Waals surface area contributed by atoms with E-state index in [4.69, 9.17) is 4.74 Å². The van der Waals surface area contributed by atoms with Crippen molar-refractivity contribution in [2.24, 2.45) is 0 Å². The molecule has 2 aromatic carbocycles. The lowest BCUT2D eigenvalue weighted by molar-refractivity contribution is -0.131. The standard InChI is InChI=1S/C24H25N3O4/c1-17(2)27(20-10-12-21(31-4)13-11-20)22(28)16-25-14-15-26(19-8-6-5-7-9-19)24(30)18(3)23(25)29/h5-15,17H,3,16H2,1-2,4H3. The Bertz CT molecular complexity index is 1010. The molecule has 160 valence electrons. The van der Waals surface area contributed by atoms with Crippen LogP contribution in [-0.4, -0.2) is 42.3 Å². The van der Waals surface area contributed by atoms with E-state index in [2.05, 4.69) is 6.58 Å². The number of carbonyl (C=O) groups is 3. The quantitative estimate of drug-likeness (QED) is 0.532. The number of methoxy groups -OCH3 is 1. The second kappa shape index (κ2) is 9.30. The normalized spacial score (nSPS) is 14.1. The van der Waals surface area contributed by atoms with Gasteiger partial charge >= 0.3 is 0 Å². The average molecular weight is 419 g/mol. The van der Waals surface area contributed by atoms with Crippen molar-refractivity contribution < 1.29 is 19.1 Å². The maximum Gasteiger partial charge on any atom is 0.267 e. The van der Waals surface area contributed by atoms with Crippen molar-refractivity contribution in [3.63, 3.8) is 0 Å². The minimum atomic E-state index is -0.605. The number of ether oxygens (including phenoxy) is 1. The van der Waals surface area contributed by atoms with E-state index in [0.717, 1.165) is 0 Å². The Labute approximate surface area is 181 Å². The van der Waals surface area contributed by atoms with Gasteiger partial charge in [0, 0.05) is 29.8 Å². The molecule has 3 amide bonds. The fraction of sp³-hybridized carbons (Fsp3) is 0.208. The van der Waals surface area contributed by atoms with Gasteiger partial charge < -0.3 is 14.5 Å². The van der Waals surface area contributed by atoms with E-state index >= 15 is 0 Å². The number of anilines is 2. The molecule has 0 atom stereocenters. The molecule has 0 spiro atoms. The minimum absolute atomic E-state index is 0.141. The zero-order valence-electron chi connectivity index (χ0n) is 17.8. The predicted octanol–water partition coefficient (Wildman–Crippen LogP) is 3.34. The van der Waals surface area contributed by atoms with Crippen molar-refractivity contribution in [3.05, 3.63) is 79.1 Å². The molecule has 1 aliphatic rings. The van der Waals surface area contributed by atoms with Gasteiger partial charge in [-0.15, -0.1) is 0 Å². The summed E-state index contributed by atoms with van der Waals surface area (Å²) in [6.45, 7) is 7.22. The van der Waals surface area contributed by atoms with Crippen LogP contribution in [0.4, 0.5) is 11.4 Å². The van der Waals surface area contributed by atoms with Gasteiger partial charge in [-0.3, -0.25) is 19.3 Å². The van der Waals surface area contributed by atoms with Gasteiger partial charge in [-0.1, -0.05) is 24.8 Å². The highest BCUT2D eigenvalue weighted by molar-refractivity contribution is 6.24. The van der Waals surface area contributed by atoms with Crippen LogP contribution in [0, 0.1) is 0 Å². The smallest absolute Gasteiger partial charge is 0.267 e. The molecule has 0 radical (unpaired) electrons. The fourth-order valence-corrected chi connectivity index (χ4v) is 3.30. The van der Waals surface area contributed by atoms with Gasteiger partial charge in [-0.25, -0.2) is 0 Å². The van der Waals surface area contributed by atoms with Crippen LogP contribution >= 0.6 is 0 Å². The zero-order valence-corrected chi connectivity index (χ0v) is 17.8. The number of para-hydroxylation sites is 1. The molecule has 0 saturated carbocycles. The van der Waals surface area contributed by atoms with Gasteiger partial charge in [-0.2, -0.15) is 0 Å². The fourth-order valence-electron chi connectivity index (χ4n) is 3.30. The number of hydrogen-bond donors (Lipinski definition) is 0. The Morgan fingerprint density at radius 2 is 1.65 bits per heavy atom. The number of amides is 3. The van der Waals surface area contributed by atoms with Crippen molar-refractivity contribution in [2.75, 3.05) is 23.5 Å². The van der Waals surface area contributed by atoms with E-state index < -0.39 is 11.8 Å². The molecular formula is C24H25N3O4. The average Bonchev–Trinajstić information content (AvgIpc) is 2.87. The first-order valence-electron chi connectivity index (χ1n) is 9.86. The number of benzene rings is 2. The van der Waals surface area contributed by atoms with E-state index in [1.54, 1.807) is 60.5 Å². The van der Waals surface area contributed by atoms with Crippen LogP contribution in [-0.2, 0) is 14.4 Å². The van der Waals surface area contributed by atoms with Crippen LogP contribution in [0.3, 0.4) is 0 Å². The van der Waals surface area contributed by atoms with Crippen molar-refractivity contribution >= 4 is 29.1 Å². The molecule has 0 saturated heterocycles. The molecule has 3 rings (SSSR count). The molecule has 1 heterocycles. The second-order valence-electron chi connectivity index (χ2n) is 7.28. The van der Waals surface area contributed by atoms with Crippen LogP contribution in [0.25, 0.3) is 0 Å². The third-order valence-corrected chi connectivity index (χ3v) is 4.87. The summed E-state index contributed by atoms with van der Waals surface area (Å²) in [5.74, 6) is -0.738. The molecular weight excluding hydrogens is 394 g/mol. The first kappa shape index (κ1) is 21.8. The third kappa shape index (κ3) is 4.66. The number of rotatable bonds is 6. The van der Waals surface area contributed by atoms with Crippen LogP contribution in [0.1, 0.15) is 13.8 Å². The summed E-state index contributed by atoms with van der Waals surface area (Å²) in [6, 6.07) is 15.9. The van der Waals surface area contributed by atoms with Crippen LogP contribution < -0.4 is 14.5 Å². The lowest BCUT2D eigenvalue weighted by Gasteiger charge is -2.29. The Kier molecular flexibility index (Phi) is 6.55. The Hall–Kier alpha value is -3.87. The highest BCUT2D eigenvalue weighted by atomic mass is 16.5. The molecule has 1 aliphatic heterocycles. The predicted molar refractivity (Wildman–Crippen MR) is 120 cm³/mol. The first-order chi connectivity index (χ1) is 14.8. The molecule has 0 aliphatic carbocycles. The van der Waals surface area contributed by atoms with Crippen LogP contribution in [0.15, 0.2) is 79.1 Å². The molecule has 0 N–H and O–H groups in total. The van der Waals surface area contributed by atoms with Crippen molar-refractivity contribution in [1.82, 2.24) is 4.90 Å². The second-order valence-corrected chi connectivity index (χ2v) is 7.28. The lowest BCUT2D eigenvalue weighted by Crippen LogP contribution is -2.44. The van der Waals surface area contributed by atoms with E-state index in [9.17, 15) is 14.4 Å². The highest BCUT2D eigenvalue weighted by Gasteiger charge is 2.31. The maximum absolute atomic E-state index is 13.1. The Morgan fingerprint density at radius 3 is 2.23 bits per heavy atom. The van der Waals surface area contributed by atoms with Crippen LogP contribution in [0.5, 0.6) is 5.75 Å². The molecule has 0 unspecified atom stereocenters. The van der Waals surface area contributed by atoms with E-state index in [1.165, 1.54) is 22.2 Å². The Balaban J connectivity index is 1.85. The van der Waals surface area contributed by atoms with Gasteiger partial charge in [0.2, 0.25) is 5.91 Å². The summed E-state index contributed by atoms with van der Waals surface area (Å²) < 4.78 is 5.18. The summed E-state index contributed by atoms with van der Waals surface area (Å²) in [6.07, 6.45) is 2.92. The van der Waals surface area contributed by atoms with Gasteiger partial charge in [0.15, 0.2) is 0 Å². The molecule has 0 aromatic heterocycles. The maximum atomic E-state index is 13.1. The topological polar surface area (TPSA) is 70.2 Å². The third-order valence-electron chi connectivity index (χ3n) is 4.87.